The van der Waals surface area contributed by atoms with E-state index in [2.05, 4.69) is 20.4 Å². The molecule has 1 aromatic rings. The van der Waals surface area contributed by atoms with E-state index in [9.17, 15) is 9.59 Å². The van der Waals surface area contributed by atoms with E-state index in [0.29, 0.717) is 11.5 Å². The van der Waals surface area contributed by atoms with Crippen molar-refractivity contribution >= 4 is 23.4 Å². The van der Waals surface area contributed by atoms with Crippen molar-refractivity contribution in [2.24, 2.45) is 0 Å². The second kappa shape index (κ2) is 4.01. The van der Waals surface area contributed by atoms with Gasteiger partial charge >= 0.3 is 5.97 Å². The molecule has 1 aliphatic rings. The van der Waals surface area contributed by atoms with Crippen molar-refractivity contribution in [3.63, 3.8) is 0 Å². The standard InChI is InChI=1S/C10H9N3O3/c1-16-8(14)5-7-10(15)13-9-6(12-7)3-2-4-11-9/h2-5,12H,1H3,(H,11,13,15)/b7-5-. The molecule has 2 heterocycles. The molecule has 1 aliphatic heterocycles. The Morgan fingerprint density at radius 1 is 1.50 bits per heavy atom. The van der Waals surface area contributed by atoms with Crippen molar-refractivity contribution in [1.29, 1.82) is 0 Å². The van der Waals surface area contributed by atoms with Crippen LogP contribution in [0.3, 0.4) is 0 Å². The molecule has 0 unspecified atom stereocenters. The molecule has 1 aromatic heterocycles. The van der Waals surface area contributed by atoms with Gasteiger partial charge in [0.1, 0.15) is 5.70 Å². The van der Waals surface area contributed by atoms with Crippen LogP contribution in [0.1, 0.15) is 0 Å². The lowest BCUT2D eigenvalue weighted by atomic mass is 10.2. The van der Waals surface area contributed by atoms with E-state index in [-0.39, 0.29) is 5.70 Å². The number of fused-ring (bicyclic) bond motifs is 1. The number of hydrogen-bond acceptors (Lipinski definition) is 5. The molecule has 0 spiro atoms. The number of pyridine rings is 1. The fourth-order valence-electron chi connectivity index (χ4n) is 1.26. The number of nitrogens with one attached hydrogen (secondary N) is 2. The van der Waals surface area contributed by atoms with E-state index < -0.39 is 11.9 Å². The van der Waals surface area contributed by atoms with Gasteiger partial charge in [-0.3, -0.25) is 4.79 Å². The van der Waals surface area contributed by atoms with Gasteiger partial charge in [-0.25, -0.2) is 9.78 Å². The molecule has 16 heavy (non-hydrogen) atoms. The highest BCUT2D eigenvalue weighted by molar-refractivity contribution is 6.12. The Morgan fingerprint density at radius 3 is 3.06 bits per heavy atom. The van der Waals surface area contributed by atoms with E-state index in [1.807, 2.05) is 0 Å². The van der Waals surface area contributed by atoms with Crippen molar-refractivity contribution in [1.82, 2.24) is 4.98 Å². The van der Waals surface area contributed by atoms with Gasteiger partial charge in [0.05, 0.1) is 18.9 Å². The zero-order chi connectivity index (χ0) is 11.5. The van der Waals surface area contributed by atoms with E-state index in [4.69, 9.17) is 0 Å². The summed E-state index contributed by atoms with van der Waals surface area (Å²) in [5.41, 5.74) is 0.768. The first-order valence-corrected chi connectivity index (χ1v) is 4.54. The van der Waals surface area contributed by atoms with Gasteiger partial charge in [-0.05, 0) is 12.1 Å². The summed E-state index contributed by atoms with van der Waals surface area (Å²) < 4.78 is 4.44. The van der Waals surface area contributed by atoms with Crippen LogP contribution in [-0.4, -0.2) is 24.0 Å². The quantitative estimate of drug-likeness (QED) is 0.531. The summed E-state index contributed by atoms with van der Waals surface area (Å²) in [4.78, 5) is 26.5. The van der Waals surface area contributed by atoms with Gasteiger partial charge in [0.15, 0.2) is 5.82 Å². The van der Waals surface area contributed by atoms with Crippen molar-refractivity contribution < 1.29 is 14.3 Å². The number of carbonyl (C=O) groups is 2. The fraction of sp³-hybridized carbons (Fsp3) is 0.100. The van der Waals surface area contributed by atoms with Gasteiger partial charge in [-0.2, -0.15) is 0 Å². The zero-order valence-electron chi connectivity index (χ0n) is 8.48. The molecular weight excluding hydrogens is 210 g/mol. The molecule has 2 rings (SSSR count). The highest BCUT2D eigenvalue weighted by Gasteiger charge is 2.20. The van der Waals surface area contributed by atoms with Crippen molar-refractivity contribution in [3.05, 3.63) is 30.1 Å². The second-order valence-corrected chi connectivity index (χ2v) is 3.06. The van der Waals surface area contributed by atoms with Crippen LogP contribution in [-0.2, 0) is 14.3 Å². The minimum absolute atomic E-state index is 0.132. The summed E-state index contributed by atoms with van der Waals surface area (Å²) in [6.07, 6.45) is 2.65. The SMILES string of the molecule is COC(=O)/C=C1\Nc2cccnc2NC1=O. The summed E-state index contributed by atoms with van der Waals surface area (Å²) in [5.74, 6) is -0.573. The lowest BCUT2D eigenvalue weighted by molar-refractivity contribution is -0.135. The topological polar surface area (TPSA) is 80.3 Å². The number of esters is 1. The third-order valence-electron chi connectivity index (χ3n) is 2.02. The third kappa shape index (κ3) is 1.85. The molecule has 0 fully saturated rings. The van der Waals surface area contributed by atoms with Gasteiger partial charge in [0, 0.05) is 6.20 Å². The normalized spacial score (nSPS) is 16.1. The molecule has 82 valence electrons. The molecule has 2 N–H and O–H groups in total. The molecule has 0 saturated carbocycles. The van der Waals surface area contributed by atoms with Gasteiger partial charge in [0.2, 0.25) is 0 Å². The minimum Gasteiger partial charge on any atom is -0.466 e. The number of amides is 1. The van der Waals surface area contributed by atoms with E-state index in [0.717, 1.165) is 6.08 Å². The molecule has 0 radical (unpaired) electrons. The summed E-state index contributed by atoms with van der Waals surface area (Å²) in [7, 11) is 1.25. The van der Waals surface area contributed by atoms with Crippen LogP contribution in [0.15, 0.2) is 30.1 Å². The van der Waals surface area contributed by atoms with Crippen LogP contribution < -0.4 is 10.6 Å². The summed E-state index contributed by atoms with van der Waals surface area (Å²) in [6.45, 7) is 0. The smallest absolute Gasteiger partial charge is 0.332 e. The Morgan fingerprint density at radius 2 is 2.31 bits per heavy atom. The lowest BCUT2D eigenvalue weighted by Gasteiger charge is -2.19. The van der Waals surface area contributed by atoms with Crippen LogP contribution in [0, 0.1) is 0 Å². The van der Waals surface area contributed by atoms with Crippen molar-refractivity contribution in [2.45, 2.75) is 0 Å². The van der Waals surface area contributed by atoms with E-state index in [1.54, 1.807) is 18.3 Å². The van der Waals surface area contributed by atoms with Crippen LogP contribution in [0.5, 0.6) is 0 Å². The Balaban J connectivity index is 2.31. The van der Waals surface area contributed by atoms with E-state index in [1.165, 1.54) is 7.11 Å². The molecular formula is C10H9N3O3. The summed E-state index contributed by atoms with van der Waals surface area (Å²) >= 11 is 0. The largest absolute Gasteiger partial charge is 0.466 e. The highest BCUT2D eigenvalue weighted by atomic mass is 16.5. The first kappa shape index (κ1) is 10.2. The zero-order valence-corrected chi connectivity index (χ0v) is 8.48. The molecule has 0 aliphatic carbocycles. The number of aromatic nitrogens is 1. The number of hydrogen-bond donors (Lipinski definition) is 2. The van der Waals surface area contributed by atoms with Crippen LogP contribution in [0.4, 0.5) is 11.5 Å². The monoisotopic (exact) mass is 219 g/mol. The van der Waals surface area contributed by atoms with Gasteiger partial charge in [-0.15, -0.1) is 0 Å². The molecule has 0 saturated heterocycles. The molecule has 0 aromatic carbocycles. The van der Waals surface area contributed by atoms with Crippen LogP contribution >= 0.6 is 0 Å². The van der Waals surface area contributed by atoms with E-state index >= 15 is 0 Å². The lowest BCUT2D eigenvalue weighted by Crippen LogP contribution is -2.27. The first-order chi connectivity index (χ1) is 7.70. The number of methoxy groups -OCH3 is 1. The van der Waals surface area contributed by atoms with Gasteiger partial charge < -0.3 is 15.4 Å². The maximum absolute atomic E-state index is 11.5. The highest BCUT2D eigenvalue weighted by Crippen LogP contribution is 2.24. The second-order valence-electron chi connectivity index (χ2n) is 3.06. The fourth-order valence-corrected chi connectivity index (χ4v) is 1.26. The van der Waals surface area contributed by atoms with Crippen LogP contribution in [0.25, 0.3) is 0 Å². The predicted octanol–water partition coefficient (Wildman–Crippen LogP) is 0.502. The number of nitrogens with zero attached hydrogens (tertiary/aromatic N) is 1. The molecule has 0 bridgehead atoms. The predicted molar refractivity (Wildman–Crippen MR) is 56.6 cm³/mol. The number of carbonyl (C=O) groups excluding carboxylic acids is 2. The minimum atomic E-state index is -0.593. The summed E-state index contributed by atoms with van der Waals surface area (Å²) in [6, 6.07) is 3.46. The average molecular weight is 219 g/mol. The Kier molecular flexibility index (Phi) is 2.55. The van der Waals surface area contributed by atoms with Crippen molar-refractivity contribution in [2.75, 3.05) is 17.7 Å². The van der Waals surface area contributed by atoms with Gasteiger partial charge in [-0.1, -0.05) is 0 Å². The summed E-state index contributed by atoms with van der Waals surface area (Å²) in [5, 5.41) is 5.35. The molecule has 1 amide bonds. The average Bonchev–Trinajstić information content (AvgIpc) is 2.30. The maximum Gasteiger partial charge on any atom is 0.332 e. The maximum atomic E-state index is 11.5. The Labute approximate surface area is 91.3 Å². The Hall–Kier alpha value is -2.37. The number of ether oxygens (including phenoxy) is 1. The Bertz CT molecular complexity index is 482. The number of rotatable bonds is 1. The molecule has 0 atom stereocenters. The molecule has 6 heteroatoms. The first-order valence-electron chi connectivity index (χ1n) is 4.54. The van der Waals surface area contributed by atoms with Crippen LogP contribution in [0.2, 0.25) is 0 Å². The molecule has 6 nitrogen and oxygen atoms in total. The van der Waals surface area contributed by atoms with Gasteiger partial charge in [0.25, 0.3) is 5.91 Å². The van der Waals surface area contributed by atoms with Crippen molar-refractivity contribution in [3.8, 4) is 0 Å². The third-order valence-corrected chi connectivity index (χ3v) is 2.02. The number of anilines is 2.